The van der Waals surface area contributed by atoms with Crippen molar-refractivity contribution in [2.24, 2.45) is 5.73 Å². The van der Waals surface area contributed by atoms with E-state index >= 15 is 0 Å². The van der Waals surface area contributed by atoms with Crippen molar-refractivity contribution in [3.8, 4) is 0 Å². The van der Waals surface area contributed by atoms with Gasteiger partial charge in [0.25, 0.3) is 0 Å². The Balaban J connectivity index is 2.18. The summed E-state index contributed by atoms with van der Waals surface area (Å²) in [5.41, 5.74) is 8.34. The molecule has 0 saturated heterocycles. The Labute approximate surface area is 111 Å². The third-order valence-electron chi connectivity index (χ3n) is 3.01. The van der Waals surface area contributed by atoms with Gasteiger partial charge in [0, 0.05) is 6.42 Å². The first kappa shape index (κ1) is 13.2. The first-order valence-electron chi connectivity index (χ1n) is 6.05. The number of carbonyl (C=O) groups is 2. The van der Waals surface area contributed by atoms with E-state index in [-0.39, 0.29) is 5.78 Å². The summed E-state index contributed by atoms with van der Waals surface area (Å²) in [6.45, 7) is 0. The Morgan fingerprint density at radius 2 is 2.16 bits per heavy atom. The zero-order valence-electron chi connectivity index (χ0n) is 10.4. The lowest BCUT2D eigenvalue weighted by Crippen LogP contribution is -2.32. The van der Waals surface area contributed by atoms with Crippen LogP contribution in [0, 0.1) is 0 Å². The molecule has 0 radical (unpaired) electrons. The second-order valence-corrected chi connectivity index (χ2v) is 4.51. The molecule has 1 atom stereocenters. The largest absolute Gasteiger partial charge is 0.480 e. The zero-order valence-corrected chi connectivity index (χ0v) is 10.4. The average molecular weight is 257 g/mol. The van der Waals surface area contributed by atoms with Crippen LogP contribution in [0.4, 0.5) is 0 Å². The van der Waals surface area contributed by atoms with E-state index in [1.54, 1.807) is 12.2 Å². The van der Waals surface area contributed by atoms with Crippen LogP contribution < -0.4 is 5.73 Å². The van der Waals surface area contributed by atoms with E-state index in [0.717, 1.165) is 16.7 Å². The fraction of sp³-hybridized carbons (Fsp3) is 0.200. The van der Waals surface area contributed by atoms with Crippen molar-refractivity contribution in [2.45, 2.75) is 18.9 Å². The van der Waals surface area contributed by atoms with Crippen molar-refractivity contribution in [1.29, 1.82) is 0 Å². The summed E-state index contributed by atoms with van der Waals surface area (Å²) in [6, 6.07) is 6.67. The van der Waals surface area contributed by atoms with Gasteiger partial charge in [0.2, 0.25) is 0 Å². The Kier molecular flexibility index (Phi) is 3.92. The highest BCUT2D eigenvalue weighted by atomic mass is 16.4. The van der Waals surface area contributed by atoms with Gasteiger partial charge in [0.15, 0.2) is 5.78 Å². The second-order valence-electron chi connectivity index (χ2n) is 4.51. The van der Waals surface area contributed by atoms with E-state index in [2.05, 4.69) is 0 Å². The molecule has 1 aliphatic carbocycles. The minimum Gasteiger partial charge on any atom is -0.480 e. The monoisotopic (exact) mass is 257 g/mol. The number of carboxylic acid groups (broad SMARTS) is 1. The molecule has 0 fully saturated rings. The van der Waals surface area contributed by atoms with Crippen LogP contribution in [0.15, 0.2) is 42.5 Å². The molecule has 0 amide bonds. The molecule has 0 aliphatic heterocycles. The van der Waals surface area contributed by atoms with Gasteiger partial charge in [-0.15, -0.1) is 0 Å². The Bertz CT molecular complexity index is 573. The lowest BCUT2D eigenvalue weighted by molar-refractivity contribution is -0.138. The molecule has 1 aromatic carbocycles. The molecule has 1 aliphatic rings. The van der Waals surface area contributed by atoms with Crippen molar-refractivity contribution in [2.75, 3.05) is 0 Å². The summed E-state index contributed by atoms with van der Waals surface area (Å²) in [5, 5.41) is 8.81. The molecule has 0 spiro atoms. The molecular formula is C15H15NO3. The Morgan fingerprint density at radius 3 is 2.79 bits per heavy atom. The van der Waals surface area contributed by atoms with Crippen molar-refractivity contribution < 1.29 is 14.7 Å². The molecule has 98 valence electrons. The maximum absolute atomic E-state index is 11.1. The number of nitrogens with two attached hydrogens (primary N) is 1. The lowest BCUT2D eigenvalue weighted by atomic mass is 9.96. The van der Waals surface area contributed by atoms with Crippen LogP contribution >= 0.6 is 0 Å². The molecule has 1 aromatic rings. The van der Waals surface area contributed by atoms with E-state index in [1.807, 2.05) is 30.3 Å². The van der Waals surface area contributed by atoms with Crippen LogP contribution in [0.1, 0.15) is 17.5 Å². The van der Waals surface area contributed by atoms with Gasteiger partial charge >= 0.3 is 5.97 Å². The molecule has 4 heteroatoms. The minimum absolute atomic E-state index is 0.0906. The van der Waals surface area contributed by atoms with Gasteiger partial charge in [-0.05, 0) is 29.2 Å². The van der Waals surface area contributed by atoms with E-state index in [9.17, 15) is 9.59 Å². The molecule has 2 rings (SSSR count). The maximum Gasteiger partial charge on any atom is 0.320 e. The summed E-state index contributed by atoms with van der Waals surface area (Å²) in [4.78, 5) is 21.9. The van der Waals surface area contributed by atoms with Crippen LogP contribution in [0.5, 0.6) is 0 Å². The molecule has 19 heavy (non-hydrogen) atoms. The first-order valence-corrected chi connectivity index (χ1v) is 6.05. The van der Waals surface area contributed by atoms with Gasteiger partial charge in [-0.2, -0.15) is 0 Å². The molecule has 3 N–H and O–H groups in total. The number of aliphatic carboxylic acids is 1. The lowest BCUT2D eigenvalue weighted by Gasteiger charge is -2.10. The number of carboxylic acids is 1. The average Bonchev–Trinajstić information content (AvgIpc) is 2.39. The number of ketones is 1. The Hall–Kier alpha value is -2.20. The van der Waals surface area contributed by atoms with Gasteiger partial charge in [-0.25, -0.2) is 0 Å². The summed E-state index contributed by atoms with van der Waals surface area (Å²) >= 11 is 0. The quantitative estimate of drug-likeness (QED) is 0.857. The third kappa shape index (κ3) is 3.39. The fourth-order valence-corrected chi connectivity index (χ4v) is 1.96. The van der Waals surface area contributed by atoms with Gasteiger partial charge in [0.05, 0.1) is 0 Å². The van der Waals surface area contributed by atoms with Crippen LogP contribution in [0.2, 0.25) is 0 Å². The SMILES string of the molecule is N[C@@H](Cc1cccc(C2=CCC(=O)C=C2)c1)C(=O)O. The normalized spacial score (nSPS) is 16.1. The number of carbonyl (C=O) groups excluding carboxylic acids is 1. The number of hydrogen-bond donors (Lipinski definition) is 2. The smallest absolute Gasteiger partial charge is 0.320 e. The zero-order chi connectivity index (χ0) is 13.8. The number of hydrogen-bond acceptors (Lipinski definition) is 3. The Morgan fingerprint density at radius 1 is 1.37 bits per heavy atom. The molecular weight excluding hydrogens is 242 g/mol. The van der Waals surface area contributed by atoms with E-state index in [1.165, 1.54) is 0 Å². The van der Waals surface area contributed by atoms with Gasteiger partial charge in [-0.1, -0.05) is 36.4 Å². The molecule has 0 heterocycles. The highest BCUT2D eigenvalue weighted by Crippen LogP contribution is 2.21. The fourth-order valence-electron chi connectivity index (χ4n) is 1.96. The topological polar surface area (TPSA) is 80.4 Å². The summed E-state index contributed by atoms with van der Waals surface area (Å²) in [7, 11) is 0. The predicted molar refractivity (Wildman–Crippen MR) is 72.5 cm³/mol. The van der Waals surface area contributed by atoms with Gasteiger partial charge in [-0.3, -0.25) is 9.59 Å². The van der Waals surface area contributed by atoms with Crippen molar-refractivity contribution in [3.05, 3.63) is 53.6 Å². The van der Waals surface area contributed by atoms with Gasteiger partial charge in [0.1, 0.15) is 6.04 Å². The highest BCUT2D eigenvalue weighted by Gasteiger charge is 2.13. The van der Waals surface area contributed by atoms with Crippen molar-refractivity contribution in [3.63, 3.8) is 0 Å². The number of benzene rings is 1. The van der Waals surface area contributed by atoms with Crippen molar-refractivity contribution >= 4 is 17.3 Å². The maximum atomic E-state index is 11.1. The molecule has 0 bridgehead atoms. The number of allylic oxidation sites excluding steroid dienone is 4. The van der Waals surface area contributed by atoms with Crippen LogP contribution in [-0.2, 0) is 16.0 Å². The van der Waals surface area contributed by atoms with Gasteiger partial charge < -0.3 is 10.8 Å². The van der Waals surface area contributed by atoms with Crippen LogP contribution in [0.25, 0.3) is 5.57 Å². The summed E-state index contributed by atoms with van der Waals surface area (Å²) in [5.74, 6) is -0.916. The van der Waals surface area contributed by atoms with E-state index in [0.29, 0.717) is 12.8 Å². The molecule has 0 saturated carbocycles. The third-order valence-corrected chi connectivity index (χ3v) is 3.01. The van der Waals surface area contributed by atoms with Crippen LogP contribution in [-0.4, -0.2) is 22.9 Å². The predicted octanol–water partition coefficient (Wildman–Crippen LogP) is 1.55. The van der Waals surface area contributed by atoms with Crippen LogP contribution in [0.3, 0.4) is 0 Å². The van der Waals surface area contributed by atoms with E-state index in [4.69, 9.17) is 10.8 Å². The standard InChI is InChI=1S/C15H15NO3/c16-14(15(18)19)9-10-2-1-3-12(8-10)11-4-6-13(17)7-5-11/h1-6,8,14H,7,9,16H2,(H,18,19)/t14-/m0/s1. The summed E-state index contributed by atoms with van der Waals surface area (Å²) < 4.78 is 0. The minimum atomic E-state index is -1.01. The van der Waals surface area contributed by atoms with E-state index < -0.39 is 12.0 Å². The van der Waals surface area contributed by atoms with Crippen molar-refractivity contribution in [1.82, 2.24) is 0 Å². The molecule has 0 aromatic heterocycles. The highest BCUT2D eigenvalue weighted by molar-refractivity contribution is 5.97. The first-order chi connectivity index (χ1) is 9.06. The summed E-state index contributed by atoms with van der Waals surface area (Å²) in [6.07, 6.45) is 5.91. The second kappa shape index (κ2) is 5.63. The number of rotatable bonds is 4. The molecule has 0 unspecified atom stereocenters. The molecule has 4 nitrogen and oxygen atoms in total.